The predicted octanol–water partition coefficient (Wildman–Crippen LogP) is 0.622. The number of nitrogen functional groups attached to an aromatic ring is 1. The van der Waals surface area contributed by atoms with E-state index in [9.17, 15) is 4.79 Å². The lowest BCUT2D eigenvalue weighted by molar-refractivity contribution is -0.129. The predicted molar refractivity (Wildman–Crippen MR) is 70.7 cm³/mol. The van der Waals surface area contributed by atoms with E-state index in [2.05, 4.69) is 15.2 Å². The first-order valence-corrected chi connectivity index (χ1v) is 6.18. The van der Waals surface area contributed by atoms with Gasteiger partial charge < -0.3 is 11.1 Å². The van der Waals surface area contributed by atoms with Crippen LogP contribution >= 0.6 is 0 Å². The maximum Gasteiger partial charge on any atom is 0.227 e. The second-order valence-corrected chi connectivity index (χ2v) is 5.19. The lowest BCUT2D eigenvalue weighted by atomic mass is 9.89. The molecule has 3 N–H and O–H groups in total. The number of hydrogen-bond acceptors (Lipinski definition) is 4. The fourth-order valence-electron chi connectivity index (χ4n) is 2.53. The summed E-state index contributed by atoms with van der Waals surface area (Å²) in [6, 6.07) is 3.85. The first kappa shape index (κ1) is 12.8. The van der Waals surface area contributed by atoms with Crippen LogP contribution in [0.25, 0.3) is 0 Å². The quantitative estimate of drug-likeness (QED) is 0.822. The monoisotopic (exact) mass is 248 g/mol. The summed E-state index contributed by atoms with van der Waals surface area (Å²) in [5.41, 5.74) is 6.53. The van der Waals surface area contributed by atoms with Crippen LogP contribution in [0.2, 0.25) is 0 Å². The van der Waals surface area contributed by atoms with Gasteiger partial charge in [0.2, 0.25) is 5.91 Å². The third-order valence-electron chi connectivity index (χ3n) is 3.58. The van der Waals surface area contributed by atoms with Crippen molar-refractivity contribution in [2.24, 2.45) is 5.41 Å². The Hall–Kier alpha value is -1.62. The van der Waals surface area contributed by atoms with E-state index in [1.165, 1.54) is 0 Å². The summed E-state index contributed by atoms with van der Waals surface area (Å²) in [4.78, 5) is 18.1. The number of rotatable bonds is 3. The minimum atomic E-state index is -0.271. The zero-order valence-electron chi connectivity index (χ0n) is 10.9. The number of amides is 1. The number of pyridine rings is 1. The van der Waals surface area contributed by atoms with Crippen molar-refractivity contribution in [1.82, 2.24) is 15.2 Å². The number of nitrogens with one attached hydrogen (secondary N) is 1. The molecule has 1 amide bonds. The van der Waals surface area contributed by atoms with Crippen molar-refractivity contribution in [3.05, 3.63) is 23.9 Å². The van der Waals surface area contributed by atoms with Crippen molar-refractivity contribution in [2.45, 2.75) is 19.9 Å². The van der Waals surface area contributed by atoms with E-state index in [4.69, 9.17) is 5.73 Å². The first-order valence-electron chi connectivity index (χ1n) is 6.18. The Balaban J connectivity index is 2.00. The topological polar surface area (TPSA) is 71.2 Å². The molecule has 0 saturated carbocycles. The maximum absolute atomic E-state index is 11.8. The van der Waals surface area contributed by atoms with Crippen molar-refractivity contribution in [2.75, 3.05) is 25.9 Å². The standard InChI is InChI=1S/C13H20N4O/c1-13(12(18)15-2)4-6-17(9-13)8-10-3-5-16-11(14)7-10/h3,5,7H,4,6,8-9H2,1-2H3,(H2,14,16)(H,15,18). The van der Waals surface area contributed by atoms with Gasteiger partial charge in [-0.15, -0.1) is 0 Å². The number of hydrogen-bond donors (Lipinski definition) is 2. The van der Waals surface area contributed by atoms with Crippen LogP contribution in [0.1, 0.15) is 18.9 Å². The second-order valence-electron chi connectivity index (χ2n) is 5.19. The van der Waals surface area contributed by atoms with Gasteiger partial charge in [0.15, 0.2) is 0 Å². The molecule has 1 atom stereocenters. The number of carbonyl (C=O) groups is 1. The fourth-order valence-corrected chi connectivity index (χ4v) is 2.53. The minimum Gasteiger partial charge on any atom is -0.384 e. The molecule has 5 nitrogen and oxygen atoms in total. The first-order chi connectivity index (χ1) is 8.53. The van der Waals surface area contributed by atoms with Gasteiger partial charge in [-0.25, -0.2) is 4.98 Å². The largest absolute Gasteiger partial charge is 0.384 e. The van der Waals surface area contributed by atoms with Gasteiger partial charge in [0.1, 0.15) is 5.82 Å². The molecule has 1 aromatic rings. The van der Waals surface area contributed by atoms with Gasteiger partial charge in [-0.2, -0.15) is 0 Å². The molecule has 2 heterocycles. The Kier molecular flexibility index (Phi) is 3.52. The Labute approximate surface area is 107 Å². The molecule has 0 aromatic carbocycles. The minimum absolute atomic E-state index is 0.124. The summed E-state index contributed by atoms with van der Waals surface area (Å²) in [5.74, 6) is 0.667. The lowest BCUT2D eigenvalue weighted by Gasteiger charge is -2.22. The average molecular weight is 248 g/mol. The van der Waals surface area contributed by atoms with Crippen molar-refractivity contribution in [1.29, 1.82) is 0 Å². The average Bonchev–Trinajstić information content (AvgIpc) is 2.71. The zero-order valence-corrected chi connectivity index (χ0v) is 10.9. The molecule has 18 heavy (non-hydrogen) atoms. The normalized spacial score (nSPS) is 24.1. The molecule has 0 bridgehead atoms. The van der Waals surface area contributed by atoms with Crippen molar-refractivity contribution in [3.63, 3.8) is 0 Å². The van der Waals surface area contributed by atoms with E-state index in [1.54, 1.807) is 13.2 Å². The molecule has 1 aromatic heterocycles. The summed E-state index contributed by atoms with van der Waals surface area (Å²) in [5, 5.41) is 2.75. The maximum atomic E-state index is 11.8. The number of anilines is 1. The highest BCUT2D eigenvalue weighted by Crippen LogP contribution is 2.30. The van der Waals surface area contributed by atoms with E-state index in [0.717, 1.165) is 31.6 Å². The van der Waals surface area contributed by atoms with E-state index < -0.39 is 0 Å². The molecule has 1 saturated heterocycles. The molecule has 5 heteroatoms. The van der Waals surface area contributed by atoms with Crippen LogP contribution in [0.5, 0.6) is 0 Å². The van der Waals surface area contributed by atoms with E-state index >= 15 is 0 Å². The summed E-state index contributed by atoms with van der Waals surface area (Å²) >= 11 is 0. The van der Waals surface area contributed by atoms with Crippen LogP contribution < -0.4 is 11.1 Å². The molecular formula is C13H20N4O. The Morgan fingerprint density at radius 1 is 1.67 bits per heavy atom. The van der Waals surface area contributed by atoms with Crippen LogP contribution in [0.3, 0.4) is 0 Å². The smallest absolute Gasteiger partial charge is 0.227 e. The number of aromatic nitrogens is 1. The SMILES string of the molecule is CNC(=O)C1(C)CCN(Cc2ccnc(N)c2)C1. The molecule has 2 rings (SSSR count). The number of likely N-dealkylation sites (tertiary alicyclic amines) is 1. The van der Waals surface area contributed by atoms with Gasteiger partial charge in [-0.1, -0.05) is 0 Å². The third-order valence-corrected chi connectivity index (χ3v) is 3.58. The number of nitrogens with two attached hydrogens (primary N) is 1. The Bertz CT molecular complexity index is 448. The van der Waals surface area contributed by atoms with Crippen LogP contribution in [0.4, 0.5) is 5.82 Å². The second kappa shape index (κ2) is 4.94. The Morgan fingerprint density at radius 3 is 3.11 bits per heavy atom. The highest BCUT2D eigenvalue weighted by molar-refractivity contribution is 5.82. The van der Waals surface area contributed by atoms with Crippen LogP contribution in [-0.4, -0.2) is 35.9 Å². The van der Waals surface area contributed by atoms with Gasteiger partial charge in [0, 0.05) is 26.3 Å². The van der Waals surface area contributed by atoms with E-state index in [-0.39, 0.29) is 11.3 Å². The molecule has 1 fully saturated rings. The molecule has 1 aliphatic heterocycles. The van der Waals surface area contributed by atoms with Gasteiger partial charge in [0.05, 0.1) is 5.41 Å². The summed E-state index contributed by atoms with van der Waals surface area (Å²) in [7, 11) is 1.69. The number of carbonyl (C=O) groups excluding carboxylic acids is 1. The van der Waals surface area contributed by atoms with Gasteiger partial charge >= 0.3 is 0 Å². The highest BCUT2D eigenvalue weighted by atomic mass is 16.2. The van der Waals surface area contributed by atoms with Gasteiger partial charge in [0.25, 0.3) is 0 Å². The molecule has 1 unspecified atom stereocenters. The molecule has 98 valence electrons. The van der Waals surface area contributed by atoms with Crippen LogP contribution in [0, 0.1) is 5.41 Å². The fraction of sp³-hybridized carbons (Fsp3) is 0.538. The van der Waals surface area contributed by atoms with E-state index in [0.29, 0.717) is 5.82 Å². The summed E-state index contributed by atoms with van der Waals surface area (Å²) in [6.45, 7) is 4.56. The van der Waals surface area contributed by atoms with Crippen molar-refractivity contribution >= 4 is 11.7 Å². The Morgan fingerprint density at radius 2 is 2.44 bits per heavy atom. The van der Waals surface area contributed by atoms with Crippen molar-refractivity contribution in [3.8, 4) is 0 Å². The third kappa shape index (κ3) is 2.61. The van der Waals surface area contributed by atoms with E-state index in [1.807, 2.05) is 19.1 Å². The summed E-state index contributed by atoms with van der Waals surface area (Å²) in [6.07, 6.45) is 2.62. The molecule has 0 radical (unpaired) electrons. The van der Waals surface area contributed by atoms with Crippen LogP contribution in [-0.2, 0) is 11.3 Å². The highest BCUT2D eigenvalue weighted by Gasteiger charge is 2.39. The van der Waals surface area contributed by atoms with Crippen LogP contribution in [0.15, 0.2) is 18.3 Å². The lowest BCUT2D eigenvalue weighted by Crippen LogP contribution is -2.39. The molecule has 0 aliphatic carbocycles. The molecule has 0 spiro atoms. The zero-order chi connectivity index (χ0) is 13.2. The number of nitrogens with zero attached hydrogens (tertiary/aromatic N) is 2. The van der Waals surface area contributed by atoms with Crippen molar-refractivity contribution < 1.29 is 4.79 Å². The molecule has 1 aliphatic rings. The summed E-state index contributed by atoms with van der Waals surface area (Å²) < 4.78 is 0. The van der Waals surface area contributed by atoms with Gasteiger partial charge in [-0.05, 0) is 37.6 Å². The van der Waals surface area contributed by atoms with Gasteiger partial charge in [-0.3, -0.25) is 9.69 Å². The molecular weight excluding hydrogens is 228 g/mol.